The first-order valence-corrected chi connectivity index (χ1v) is 3.71. The van der Waals surface area contributed by atoms with Crippen molar-refractivity contribution in [3.05, 3.63) is 38.4 Å². The van der Waals surface area contributed by atoms with E-state index >= 15 is 0 Å². The van der Waals surface area contributed by atoms with Gasteiger partial charge in [0.25, 0.3) is 0 Å². The van der Waals surface area contributed by atoms with Crippen LogP contribution in [0, 0.1) is 10.1 Å². The van der Waals surface area contributed by atoms with Gasteiger partial charge in [-0.2, -0.15) is 0 Å². The molecular formula is C6H4Cl2N2O2. The second kappa shape index (κ2) is 3.60. The van der Waals surface area contributed by atoms with Gasteiger partial charge in [0.2, 0.25) is 0 Å². The van der Waals surface area contributed by atoms with E-state index in [0.29, 0.717) is 5.02 Å². The molecule has 0 radical (unpaired) electrons. The summed E-state index contributed by atoms with van der Waals surface area (Å²) in [6, 6.07) is 4.41. The molecule has 0 saturated heterocycles. The number of nitro groups is 1. The van der Waals surface area contributed by atoms with E-state index in [-0.39, 0.29) is 10.7 Å². The summed E-state index contributed by atoms with van der Waals surface area (Å²) in [6.07, 6.45) is 0. The van der Waals surface area contributed by atoms with Crippen LogP contribution in [-0.2, 0) is 0 Å². The van der Waals surface area contributed by atoms with Crippen LogP contribution in [0.3, 0.4) is 0 Å². The maximum atomic E-state index is 10.0. The van der Waals surface area contributed by atoms with Gasteiger partial charge in [-0.1, -0.05) is 23.2 Å². The van der Waals surface area contributed by atoms with Gasteiger partial charge >= 0.3 is 0 Å². The fraction of sp³-hybridized carbons (Fsp3) is 0. The van der Waals surface area contributed by atoms with Crippen molar-refractivity contribution in [1.29, 1.82) is 0 Å². The molecule has 1 N–H and O–H groups in total. The van der Waals surface area contributed by atoms with Crippen molar-refractivity contribution < 1.29 is 5.03 Å². The predicted octanol–water partition coefficient (Wildman–Crippen LogP) is 2.60. The van der Waals surface area contributed by atoms with Gasteiger partial charge in [0, 0.05) is 5.02 Å². The molecule has 0 aromatic heterocycles. The SMILES string of the molecule is O=[N+]([O-])Nc1cc(Cl)ccc1Cl. The fourth-order valence-corrected chi connectivity index (χ4v) is 1.01. The maximum Gasteiger partial charge on any atom is 0.162 e. The number of nitrogens with zero attached hydrogens (tertiary/aromatic N) is 1. The van der Waals surface area contributed by atoms with E-state index in [2.05, 4.69) is 0 Å². The van der Waals surface area contributed by atoms with Crippen molar-refractivity contribution in [2.45, 2.75) is 0 Å². The number of halogens is 2. The van der Waals surface area contributed by atoms with Gasteiger partial charge in [-0.3, -0.25) is 0 Å². The molecule has 6 heteroatoms. The molecular weight excluding hydrogens is 203 g/mol. The molecule has 0 atom stereocenters. The zero-order chi connectivity index (χ0) is 9.14. The third kappa shape index (κ3) is 2.25. The lowest BCUT2D eigenvalue weighted by atomic mass is 10.3. The van der Waals surface area contributed by atoms with Gasteiger partial charge < -0.3 is 0 Å². The predicted molar refractivity (Wildman–Crippen MR) is 47.1 cm³/mol. The van der Waals surface area contributed by atoms with E-state index in [1.165, 1.54) is 12.1 Å². The van der Waals surface area contributed by atoms with Crippen LogP contribution >= 0.6 is 23.2 Å². The molecule has 12 heavy (non-hydrogen) atoms. The van der Waals surface area contributed by atoms with Crippen LogP contribution in [0.2, 0.25) is 10.0 Å². The van der Waals surface area contributed by atoms with Gasteiger partial charge in [-0.05, 0) is 18.2 Å². The van der Waals surface area contributed by atoms with Crippen molar-refractivity contribution in [3.8, 4) is 0 Å². The van der Waals surface area contributed by atoms with Crippen LogP contribution in [0.15, 0.2) is 18.2 Å². The number of hydrazine groups is 1. The summed E-state index contributed by atoms with van der Waals surface area (Å²) in [5.74, 6) is 0. The lowest BCUT2D eigenvalue weighted by molar-refractivity contribution is -0.445. The monoisotopic (exact) mass is 206 g/mol. The molecule has 4 nitrogen and oxygen atoms in total. The van der Waals surface area contributed by atoms with Crippen molar-refractivity contribution in [2.24, 2.45) is 0 Å². The highest BCUT2D eigenvalue weighted by Gasteiger charge is 2.04. The van der Waals surface area contributed by atoms with E-state index in [1.807, 2.05) is 5.43 Å². The summed E-state index contributed by atoms with van der Waals surface area (Å²) in [7, 11) is 0. The van der Waals surface area contributed by atoms with Crippen LogP contribution in [0.25, 0.3) is 0 Å². The highest BCUT2D eigenvalue weighted by Crippen LogP contribution is 2.24. The second-order valence-corrected chi connectivity index (χ2v) is 2.84. The first-order valence-electron chi connectivity index (χ1n) is 2.95. The Morgan fingerprint density at radius 2 is 2.08 bits per heavy atom. The summed E-state index contributed by atoms with van der Waals surface area (Å²) in [5.41, 5.74) is 2.11. The number of hydrogen-bond acceptors (Lipinski definition) is 2. The minimum atomic E-state index is -0.697. The van der Waals surface area contributed by atoms with Crippen LogP contribution in [-0.4, -0.2) is 5.03 Å². The summed E-state index contributed by atoms with van der Waals surface area (Å²) in [4.78, 5) is 10.0. The average molecular weight is 207 g/mol. The Hall–Kier alpha value is -1.000. The molecule has 1 rings (SSSR count). The molecule has 0 bridgehead atoms. The van der Waals surface area contributed by atoms with Gasteiger partial charge in [0.1, 0.15) is 5.69 Å². The van der Waals surface area contributed by atoms with Crippen LogP contribution < -0.4 is 5.43 Å². The molecule has 1 aromatic carbocycles. The zero-order valence-electron chi connectivity index (χ0n) is 5.75. The Kier molecular flexibility index (Phi) is 2.73. The van der Waals surface area contributed by atoms with Crippen molar-refractivity contribution in [3.63, 3.8) is 0 Å². The van der Waals surface area contributed by atoms with Crippen LogP contribution in [0.4, 0.5) is 5.69 Å². The lowest BCUT2D eigenvalue weighted by Gasteiger charge is -1.99. The van der Waals surface area contributed by atoms with Crippen LogP contribution in [0.1, 0.15) is 0 Å². The molecule has 0 amide bonds. The van der Waals surface area contributed by atoms with Gasteiger partial charge in [-0.15, -0.1) is 5.43 Å². The smallest absolute Gasteiger partial charge is 0.162 e. The number of benzene rings is 1. The minimum Gasteiger partial charge on any atom is -0.235 e. The second-order valence-electron chi connectivity index (χ2n) is 1.99. The number of anilines is 1. The Morgan fingerprint density at radius 1 is 1.42 bits per heavy atom. The molecule has 0 fully saturated rings. The third-order valence-electron chi connectivity index (χ3n) is 1.14. The molecule has 0 aliphatic rings. The summed E-state index contributed by atoms with van der Waals surface area (Å²) < 4.78 is 0. The highest BCUT2D eigenvalue weighted by molar-refractivity contribution is 6.35. The van der Waals surface area contributed by atoms with E-state index in [9.17, 15) is 10.1 Å². The van der Waals surface area contributed by atoms with Gasteiger partial charge in [0.05, 0.1) is 5.02 Å². The highest BCUT2D eigenvalue weighted by atomic mass is 35.5. The largest absolute Gasteiger partial charge is 0.235 e. The van der Waals surface area contributed by atoms with E-state index in [1.54, 1.807) is 6.07 Å². The number of rotatable bonds is 2. The standard InChI is InChI=1S/C6H4Cl2N2O2/c7-4-1-2-5(8)6(3-4)9-10(11)12/h1-3,9H. The Labute approximate surface area is 78.2 Å². The first-order chi connectivity index (χ1) is 5.59. The number of hydrogen-bond donors (Lipinski definition) is 1. The third-order valence-corrected chi connectivity index (χ3v) is 1.70. The zero-order valence-corrected chi connectivity index (χ0v) is 7.26. The molecule has 0 saturated carbocycles. The van der Waals surface area contributed by atoms with Crippen molar-refractivity contribution in [2.75, 3.05) is 5.43 Å². The molecule has 0 spiro atoms. The maximum absolute atomic E-state index is 10.0. The normalized spacial score (nSPS) is 9.50. The van der Waals surface area contributed by atoms with Crippen molar-refractivity contribution in [1.82, 2.24) is 0 Å². The Morgan fingerprint density at radius 3 is 2.67 bits per heavy atom. The minimum absolute atomic E-state index is 0.189. The van der Waals surface area contributed by atoms with E-state index in [4.69, 9.17) is 23.2 Å². The Bertz CT molecular complexity index is 316. The first kappa shape index (κ1) is 9.09. The number of nitrogens with one attached hydrogen (secondary N) is 1. The van der Waals surface area contributed by atoms with Crippen molar-refractivity contribution >= 4 is 28.9 Å². The van der Waals surface area contributed by atoms with Crippen LogP contribution in [0.5, 0.6) is 0 Å². The Balaban J connectivity index is 2.97. The van der Waals surface area contributed by atoms with Gasteiger partial charge in [0.15, 0.2) is 5.03 Å². The topological polar surface area (TPSA) is 55.2 Å². The molecule has 64 valence electrons. The van der Waals surface area contributed by atoms with E-state index < -0.39 is 5.03 Å². The average Bonchev–Trinajstić information content (AvgIpc) is 1.96. The molecule has 0 aliphatic heterocycles. The summed E-state index contributed by atoms with van der Waals surface area (Å²) in [6.45, 7) is 0. The molecule has 0 unspecified atom stereocenters. The fourth-order valence-electron chi connectivity index (χ4n) is 0.682. The lowest BCUT2D eigenvalue weighted by Crippen LogP contribution is -2.07. The summed E-state index contributed by atoms with van der Waals surface area (Å²) >= 11 is 11.2. The molecule has 0 heterocycles. The quantitative estimate of drug-likeness (QED) is 0.598. The molecule has 1 aromatic rings. The molecule has 0 aliphatic carbocycles. The van der Waals surface area contributed by atoms with Gasteiger partial charge in [-0.25, -0.2) is 10.1 Å². The van der Waals surface area contributed by atoms with E-state index in [0.717, 1.165) is 0 Å². The summed E-state index contributed by atoms with van der Waals surface area (Å²) in [5, 5.41) is 9.98.